The van der Waals surface area contributed by atoms with Crippen molar-refractivity contribution in [1.82, 2.24) is 4.90 Å². The topological polar surface area (TPSA) is 55.6 Å². The fourth-order valence-electron chi connectivity index (χ4n) is 3.28. The number of rotatable bonds is 1. The van der Waals surface area contributed by atoms with Gasteiger partial charge in [0.2, 0.25) is 0 Å². The summed E-state index contributed by atoms with van der Waals surface area (Å²) >= 11 is 0. The molecule has 1 aliphatic carbocycles. The summed E-state index contributed by atoms with van der Waals surface area (Å²) in [5.41, 5.74) is 5.75. The number of amides is 1. The summed E-state index contributed by atoms with van der Waals surface area (Å²) in [6.45, 7) is 6.56. The van der Waals surface area contributed by atoms with Gasteiger partial charge in [-0.3, -0.25) is 0 Å². The fraction of sp³-hybridized carbons (Fsp3) is 0.929. The van der Waals surface area contributed by atoms with Crippen LogP contribution in [-0.2, 0) is 4.74 Å². The summed E-state index contributed by atoms with van der Waals surface area (Å²) in [5.74, 6) is 0.472. The Balaban J connectivity index is 2.01. The van der Waals surface area contributed by atoms with E-state index in [1.54, 1.807) is 0 Å². The first-order valence-corrected chi connectivity index (χ1v) is 7.14. The first-order valence-electron chi connectivity index (χ1n) is 7.14. The predicted octanol–water partition coefficient (Wildman–Crippen LogP) is 2.51. The average molecular weight is 254 g/mol. The quantitative estimate of drug-likeness (QED) is 0.782. The van der Waals surface area contributed by atoms with Crippen molar-refractivity contribution < 1.29 is 9.53 Å². The van der Waals surface area contributed by atoms with Crippen LogP contribution in [0.1, 0.15) is 52.9 Å². The Kier molecular flexibility index (Phi) is 3.85. The van der Waals surface area contributed by atoms with Gasteiger partial charge in [0.05, 0.1) is 0 Å². The maximum absolute atomic E-state index is 12.2. The SMILES string of the molecule is CC(C)(C)OC(=O)N1CCCC1C1CCCC1N. The van der Waals surface area contributed by atoms with Crippen molar-refractivity contribution in [1.29, 1.82) is 0 Å². The van der Waals surface area contributed by atoms with Crippen LogP contribution in [-0.4, -0.2) is 35.2 Å². The Hall–Kier alpha value is -0.770. The van der Waals surface area contributed by atoms with E-state index in [0.29, 0.717) is 12.0 Å². The van der Waals surface area contributed by atoms with E-state index in [1.807, 2.05) is 25.7 Å². The van der Waals surface area contributed by atoms with E-state index in [4.69, 9.17) is 10.5 Å². The molecule has 18 heavy (non-hydrogen) atoms. The van der Waals surface area contributed by atoms with Crippen molar-refractivity contribution in [2.45, 2.75) is 70.6 Å². The van der Waals surface area contributed by atoms with Crippen LogP contribution in [0.4, 0.5) is 4.79 Å². The van der Waals surface area contributed by atoms with Gasteiger partial charge in [0.15, 0.2) is 0 Å². The summed E-state index contributed by atoms with van der Waals surface area (Å²) in [5, 5.41) is 0. The third-order valence-electron chi connectivity index (χ3n) is 4.05. The molecule has 3 atom stereocenters. The number of hydrogen-bond donors (Lipinski definition) is 1. The van der Waals surface area contributed by atoms with Crippen molar-refractivity contribution in [3.63, 3.8) is 0 Å². The normalized spacial score (nSPS) is 32.9. The molecule has 2 N–H and O–H groups in total. The molecule has 0 aromatic heterocycles. The van der Waals surface area contributed by atoms with Gasteiger partial charge in [-0.05, 0) is 52.4 Å². The maximum atomic E-state index is 12.2. The number of ether oxygens (including phenoxy) is 1. The second-order valence-corrected chi connectivity index (χ2v) is 6.64. The Morgan fingerprint density at radius 2 is 1.94 bits per heavy atom. The van der Waals surface area contributed by atoms with Gasteiger partial charge < -0.3 is 15.4 Å². The van der Waals surface area contributed by atoms with Crippen LogP contribution in [0.3, 0.4) is 0 Å². The molecule has 0 bridgehead atoms. The zero-order valence-corrected chi connectivity index (χ0v) is 11.8. The highest BCUT2D eigenvalue weighted by Crippen LogP contribution is 2.35. The van der Waals surface area contributed by atoms with Gasteiger partial charge in [-0.2, -0.15) is 0 Å². The van der Waals surface area contributed by atoms with E-state index in [1.165, 1.54) is 6.42 Å². The van der Waals surface area contributed by atoms with Crippen molar-refractivity contribution in [2.75, 3.05) is 6.54 Å². The number of carbonyl (C=O) groups excluding carboxylic acids is 1. The lowest BCUT2D eigenvalue weighted by Gasteiger charge is -2.33. The van der Waals surface area contributed by atoms with E-state index in [-0.39, 0.29) is 12.1 Å². The molecule has 2 aliphatic rings. The molecule has 104 valence electrons. The molecule has 2 rings (SSSR count). The van der Waals surface area contributed by atoms with Crippen LogP contribution >= 0.6 is 0 Å². The molecule has 1 aliphatic heterocycles. The monoisotopic (exact) mass is 254 g/mol. The smallest absolute Gasteiger partial charge is 0.410 e. The largest absolute Gasteiger partial charge is 0.444 e. The van der Waals surface area contributed by atoms with Crippen LogP contribution in [0.5, 0.6) is 0 Å². The van der Waals surface area contributed by atoms with Gasteiger partial charge in [0.25, 0.3) is 0 Å². The lowest BCUT2D eigenvalue weighted by molar-refractivity contribution is 0.0172. The fourth-order valence-corrected chi connectivity index (χ4v) is 3.28. The van der Waals surface area contributed by atoms with Gasteiger partial charge in [0.1, 0.15) is 5.60 Å². The third kappa shape index (κ3) is 2.97. The second kappa shape index (κ2) is 5.08. The van der Waals surface area contributed by atoms with Crippen molar-refractivity contribution >= 4 is 6.09 Å². The minimum Gasteiger partial charge on any atom is -0.444 e. The predicted molar refractivity (Wildman–Crippen MR) is 71.3 cm³/mol. The van der Waals surface area contributed by atoms with Crippen molar-refractivity contribution in [2.24, 2.45) is 11.7 Å². The molecular weight excluding hydrogens is 228 g/mol. The molecule has 3 unspecified atom stereocenters. The zero-order chi connectivity index (χ0) is 13.3. The second-order valence-electron chi connectivity index (χ2n) is 6.64. The number of likely N-dealkylation sites (tertiary alicyclic amines) is 1. The number of nitrogens with zero attached hydrogens (tertiary/aromatic N) is 1. The van der Waals surface area contributed by atoms with Gasteiger partial charge in [0, 0.05) is 18.6 Å². The summed E-state index contributed by atoms with van der Waals surface area (Å²) in [4.78, 5) is 14.1. The molecule has 0 aromatic rings. The lowest BCUT2D eigenvalue weighted by atomic mass is 9.93. The van der Waals surface area contributed by atoms with Gasteiger partial charge >= 0.3 is 6.09 Å². The van der Waals surface area contributed by atoms with Gasteiger partial charge in [-0.15, -0.1) is 0 Å². The minimum atomic E-state index is -0.415. The van der Waals surface area contributed by atoms with E-state index < -0.39 is 5.60 Å². The Morgan fingerprint density at radius 1 is 1.22 bits per heavy atom. The number of hydrogen-bond acceptors (Lipinski definition) is 3. The van der Waals surface area contributed by atoms with E-state index in [0.717, 1.165) is 32.2 Å². The molecular formula is C14H26N2O2. The summed E-state index contributed by atoms with van der Waals surface area (Å²) in [7, 11) is 0. The minimum absolute atomic E-state index is 0.163. The maximum Gasteiger partial charge on any atom is 0.410 e. The van der Waals surface area contributed by atoms with E-state index in [9.17, 15) is 4.79 Å². The molecule has 4 heteroatoms. The summed E-state index contributed by atoms with van der Waals surface area (Å²) in [6.07, 6.45) is 5.45. The molecule has 0 radical (unpaired) electrons. The van der Waals surface area contributed by atoms with E-state index in [2.05, 4.69) is 0 Å². The van der Waals surface area contributed by atoms with Crippen LogP contribution in [0.15, 0.2) is 0 Å². The molecule has 1 saturated carbocycles. The summed E-state index contributed by atoms with van der Waals surface area (Å²) in [6, 6.07) is 0.565. The molecule has 0 spiro atoms. The standard InChI is InChI=1S/C14H26N2O2/c1-14(2,3)18-13(17)16-9-5-8-12(16)10-6-4-7-11(10)15/h10-12H,4-9,15H2,1-3H3. The Bertz CT molecular complexity index is 311. The third-order valence-corrected chi connectivity index (χ3v) is 4.05. The first-order chi connectivity index (χ1) is 8.38. The molecule has 2 fully saturated rings. The van der Waals surface area contributed by atoms with Crippen LogP contribution in [0.2, 0.25) is 0 Å². The Labute approximate surface area is 110 Å². The molecule has 1 amide bonds. The molecule has 1 heterocycles. The summed E-state index contributed by atoms with van der Waals surface area (Å²) < 4.78 is 5.49. The molecule has 0 aromatic carbocycles. The highest BCUT2D eigenvalue weighted by molar-refractivity contribution is 5.69. The van der Waals surface area contributed by atoms with Crippen LogP contribution in [0, 0.1) is 5.92 Å². The number of nitrogens with two attached hydrogens (primary N) is 1. The van der Waals surface area contributed by atoms with Crippen molar-refractivity contribution in [3.8, 4) is 0 Å². The Morgan fingerprint density at radius 3 is 2.50 bits per heavy atom. The van der Waals surface area contributed by atoms with E-state index >= 15 is 0 Å². The number of carbonyl (C=O) groups is 1. The highest BCUT2D eigenvalue weighted by Gasteiger charge is 2.40. The average Bonchev–Trinajstić information content (AvgIpc) is 2.82. The molecule has 4 nitrogen and oxygen atoms in total. The zero-order valence-electron chi connectivity index (χ0n) is 11.8. The van der Waals surface area contributed by atoms with Crippen LogP contribution < -0.4 is 5.73 Å². The van der Waals surface area contributed by atoms with Crippen LogP contribution in [0.25, 0.3) is 0 Å². The van der Waals surface area contributed by atoms with Gasteiger partial charge in [-0.1, -0.05) is 6.42 Å². The highest BCUT2D eigenvalue weighted by atomic mass is 16.6. The lowest BCUT2D eigenvalue weighted by Crippen LogP contribution is -2.46. The molecule has 1 saturated heterocycles. The van der Waals surface area contributed by atoms with Gasteiger partial charge in [-0.25, -0.2) is 4.79 Å². The van der Waals surface area contributed by atoms with Crippen molar-refractivity contribution in [3.05, 3.63) is 0 Å². The first kappa shape index (κ1) is 13.7.